The molecular formula is C10H13BrClNO2. The van der Waals surface area contributed by atoms with Crippen LogP contribution in [-0.2, 0) is 9.47 Å². The van der Waals surface area contributed by atoms with E-state index in [0.717, 1.165) is 10.2 Å². The maximum atomic E-state index is 5.83. The molecule has 0 saturated heterocycles. The van der Waals surface area contributed by atoms with E-state index in [1.807, 2.05) is 18.2 Å². The van der Waals surface area contributed by atoms with Crippen LogP contribution in [0.2, 0.25) is 5.02 Å². The molecule has 0 fully saturated rings. The summed E-state index contributed by atoms with van der Waals surface area (Å²) >= 11 is 9.24. The summed E-state index contributed by atoms with van der Waals surface area (Å²) in [4.78, 5) is 0. The van der Waals surface area contributed by atoms with Crippen molar-refractivity contribution in [1.29, 1.82) is 0 Å². The van der Waals surface area contributed by atoms with Gasteiger partial charge in [-0.1, -0.05) is 11.6 Å². The molecule has 0 radical (unpaired) electrons. The highest BCUT2D eigenvalue weighted by atomic mass is 79.9. The van der Waals surface area contributed by atoms with Gasteiger partial charge in [0, 0.05) is 29.4 Å². The third-order valence-electron chi connectivity index (χ3n) is 1.92. The first kappa shape index (κ1) is 12.8. The first-order valence-corrected chi connectivity index (χ1v) is 5.59. The average Bonchev–Trinajstić information content (AvgIpc) is 2.22. The van der Waals surface area contributed by atoms with Crippen molar-refractivity contribution in [1.82, 2.24) is 0 Å². The van der Waals surface area contributed by atoms with Crippen molar-refractivity contribution in [3.8, 4) is 0 Å². The molecule has 0 spiro atoms. The molecule has 0 heterocycles. The number of hydrogen-bond donors (Lipinski definition) is 1. The van der Waals surface area contributed by atoms with Gasteiger partial charge in [-0.15, -0.1) is 0 Å². The molecule has 1 rings (SSSR count). The molecule has 0 unspecified atom stereocenters. The van der Waals surface area contributed by atoms with Gasteiger partial charge in [0.25, 0.3) is 0 Å². The van der Waals surface area contributed by atoms with Gasteiger partial charge in [-0.05, 0) is 34.1 Å². The minimum absolute atomic E-state index is 0.257. The molecule has 0 bridgehead atoms. The summed E-state index contributed by atoms with van der Waals surface area (Å²) in [5.74, 6) is 0. The second-order valence-corrected chi connectivity index (χ2v) is 4.20. The minimum atomic E-state index is -0.257. The van der Waals surface area contributed by atoms with Crippen LogP contribution in [0.5, 0.6) is 0 Å². The number of hydrogen-bond acceptors (Lipinski definition) is 3. The van der Waals surface area contributed by atoms with Crippen molar-refractivity contribution in [3.63, 3.8) is 0 Å². The molecule has 0 saturated carbocycles. The molecule has 1 aromatic rings. The smallest absolute Gasteiger partial charge is 0.173 e. The van der Waals surface area contributed by atoms with Crippen LogP contribution in [0.1, 0.15) is 0 Å². The zero-order chi connectivity index (χ0) is 11.3. The molecule has 3 nitrogen and oxygen atoms in total. The van der Waals surface area contributed by atoms with Crippen LogP contribution < -0.4 is 5.32 Å². The van der Waals surface area contributed by atoms with E-state index in [9.17, 15) is 0 Å². The van der Waals surface area contributed by atoms with E-state index >= 15 is 0 Å². The largest absolute Gasteiger partial charge is 0.379 e. The normalized spacial score (nSPS) is 10.7. The molecule has 0 aliphatic rings. The Balaban J connectivity index is 2.57. The Hall–Kier alpha value is -0.290. The van der Waals surface area contributed by atoms with Crippen LogP contribution in [0, 0.1) is 0 Å². The Kier molecular flexibility index (Phi) is 5.39. The Morgan fingerprint density at radius 2 is 2.07 bits per heavy atom. The average molecular weight is 295 g/mol. The van der Waals surface area contributed by atoms with Crippen molar-refractivity contribution in [2.45, 2.75) is 6.29 Å². The summed E-state index contributed by atoms with van der Waals surface area (Å²) in [6.45, 7) is 0.577. The Labute approximate surface area is 103 Å². The first-order valence-electron chi connectivity index (χ1n) is 4.42. The van der Waals surface area contributed by atoms with Crippen LogP contribution in [-0.4, -0.2) is 27.1 Å². The lowest BCUT2D eigenvalue weighted by molar-refractivity contribution is -0.0914. The number of methoxy groups -OCH3 is 2. The maximum Gasteiger partial charge on any atom is 0.173 e. The number of nitrogens with one attached hydrogen (secondary N) is 1. The second-order valence-electron chi connectivity index (χ2n) is 2.91. The number of rotatable bonds is 5. The molecule has 15 heavy (non-hydrogen) atoms. The van der Waals surface area contributed by atoms with E-state index in [1.165, 1.54) is 0 Å². The van der Waals surface area contributed by atoms with Crippen molar-refractivity contribution in [2.75, 3.05) is 26.1 Å². The fraction of sp³-hybridized carbons (Fsp3) is 0.400. The topological polar surface area (TPSA) is 30.5 Å². The van der Waals surface area contributed by atoms with Gasteiger partial charge in [0.05, 0.1) is 6.54 Å². The zero-order valence-corrected chi connectivity index (χ0v) is 10.9. The second kappa shape index (κ2) is 6.33. The molecule has 0 atom stereocenters. The third-order valence-corrected chi connectivity index (χ3v) is 2.81. The number of halogens is 2. The Bertz CT molecular complexity index is 318. The van der Waals surface area contributed by atoms with Crippen molar-refractivity contribution in [3.05, 3.63) is 27.7 Å². The van der Waals surface area contributed by atoms with E-state index < -0.39 is 0 Å². The van der Waals surface area contributed by atoms with Crippen LogP contribution >= 0.6 is 27.5 Å². The predicted molar refractivity (Wildman–Crippen MR) is 65.4 cm³/mol. The summed E-state index contributed by atoms with van der Waals surface area (Å²) in [7, 11) is 3.21. The zero-order valence-electron chi connectivity index (χ0n) is 8.59. The lowest BCUT2D eigenvalue weighted by Crippen LogP contribution is -2.23. The van der Waals surface area contributed by atoms with E-state index in [-0.39, 0.29) is 6.29 Å². The van der Waals surface area contributed by atoms with Gasteiger partial charge < -0.3 is 14.8 Å². The molecule has 0 aliphatic carbocycles. The van der Waals surface area contributed by atoms with Gasteiger partial charge >= 0.3 is 0 Å². The van der Waals surface area contributed by atoms with Gasteiger partial charge in [-0.2, -0.15) is 0 Å². The molecule has 0 aromatic heterocycles. The molecule has 1 aromatic carbocycles. The highest BCUT2D eigenvalue weighted by Gasteiger charge is 2.06. The van der Waals surface area contributed by atoms with E-state index in [1.54, 1.807) is 14.2 Å². The van der Waals surface area contributed by atoms with E-state index in [2.05, 4.69) is 21.2 Å². The fourth-order valence-corrected chi connectivity index (χ4v) is 1.91. The standard InChI is InChI=1S/C10H13BrClNO2/c1-14-10(15-2)6-13-9-4-3-7(12)5-8(9)11/h3-5,10,13H,6H2,1-2H3. The lowest BCUT2D eigenvalue weighted by Gasteiger charge is -2.15. The SMILES string of the molecule is COC(CNc1ccc(Cl)cc1Br)OC. The number of anilines is 1. The van der Waals surface area contributed by atoms with Gasteiger partial charge in [0.1, 0.15) is 0 Å². The van der Waals surface area contributed by atoms with Gasteiger partial charge in [-0.3, -0.25) is 0 Å². The molecule has 0 amide bonds. The van der Waals surface area contributed by atoms with E-state index in [0.29, 0.717) is 11.6 Å². The summed E-state index contributed by atoms with van der Waals surface area (Å²) in [6, 6.07) is 5.55. The Morgan fingerprint density at radius 3 is 2.60 bits per heavy atom. The fourth-order valence-electron chi connectivity index (χ4n) is 1.09. The summed E-state index contributed by atoms with van der Waals surface area (Å²) in [6.07, 6.45) is -0.257. The monoisotopic (exact) mass is 293 g/mol. The number of benzene rings is 1. The van der Waals surface area contributed by atoms with Gasteiger partial charge in [0.15, 0.2) is 6.29 Å². The Morgan fingerprint density at radius 1 is 1.40 bits per heavy atom. The molecule has 5 heteroatoms. The molecule has 84 valence electrons. The minimum Gasteiger partial charge on any atom is -0.379 e. The quantitative estimate of drug-likeness (QED) is 0.846. The van der Waals surface area contributed by atoms with Crippen LogP contribution in [0.4, 0.5) is 5.69 Å². The first-order chi connectivity index (χ1) is 7.17. The molecule has 1 N–H and O–H groups in total. The number of ether oxygens (including phenoxy) is 2. The van der Waals surface area contributed by atoms with Crippen LogP contribution in [0.15, 0.2) is 22.7 Å². The third kappa shape index (κ3) is 3.99. The van der Waals surface area contributed by atoms with Crippen LogP contribution in [0.25, 0.3) is 0 Å². The molecule has 0 aliphatic heterocycles. The predicted octanol–water partition coefficient (Wildman–Crippen LogP) is 3.13. The maximum absolute atomic E-state index is 5.83. The van der Waals surface area contributed by atoms with Gasteiger partial charge in [0.2, 0.25) is 0 Å². The highest BCUT2D eigenvalue weighted by Crippen LogP contribution is 2.25. The van der Waals surface area contributed by atoms with Crippen molar-refractivity contribution in [2.24, 2.45) is 0 Å². The van der Waals surface area contributed by atoms with E-state index in [4.69, 9.17) is 21.1 Å². The molecular weight excluding hydrogens is 281 g/mol. The van der Waals surface area contributed by atoms with Gasteiger partial charge in [-0.25, -0.2) is 0 Å². The van der Waals surface area contributed by atoms with Crippen molar-refractivity contribution < 1.29 is 9.47 Å². The lowest BCUT2D eigenvalue weighted by atomic mass is 10.3. The summed E-state index contributed by atoms with van der Waals surface area (Å²) < 4.78 is 11.0. The van der Waals surface area contributed by atoms with Crippen molar-refractivity contribution >= 4 is 33.2 Å². The highest BCUT2D eigenvalue weighted by molar-refractivity contribution is 9.10. The van der Waals surface area contributed by atoms with Crippen LogP contribution in [0.3, 0.4) is 0 Å². The summed E-state index contributed by atoms with van der Waals surface area (Å²) in [5, 5.41) is 3.88. The summed E-state index contributed by atoms with van der Waals surface area (Å²) in [5.41, 5.74) is 0.957.